The predicted molar refractivity (Wildman–Crippen MR) is 130 cm³/mol. The minimum atomic E-state index is -2.83. The highest BCUT2D eigenvalue weighted by atomic mass is 28.5. The molecule has 0 heterocycles. The van der Waals surface area contributed by atoms with Crippen LogP contribution < -0.4 is 0 Å². The third-order valence-electron chi connectivity index (χ3n) is 3.44. The fourth-order valence-corrected chi connectivity index (χ4v) is 17.6. The van der Waals surface area contributed by atoms with Gasteiger partial charge in [-0.1, -0.05) is 13.5 Å². The number of nitrogens with zero attached hydrogens (tertiary/aromatic N) is 1. The van der Waals surface area contributed by atoms with Crippen LogP contribution in [-0.2, 0) is 17.1 Å². The topological polar surface area (TPSA) is 48.0 Å². The second kappa shape index (κ2) is 10.8. The van der Waals surface area contributed by atoms with Crippen LogP contribution in [0, 0.1) is 0 Å². The van der Waals surface area contributed by atoms with Crippen LogP contribution in [0.25, 0.3) is 0 Å². The number of hydrogen-bond donors (Lipinski definition) is 0. The second-order valence-corrected chi connectivity index (χ2v) is 27.5. The van der Waals surface area contributed by atoms with Gasteiger partial charge in [-0.15, -0.1) is 0 Å². The Bertz CT molecular complexity index is 481. The molecule has 0 bridgehead atoms. The summed E-state index contributed by atoms with van der Waals surface area (Å²) in [6.45, 7) is 28.9. The molecule has 0 saturated heterocycles. The Morgan fingerprint density at radius 1 is 0.821 bits per heavy atom. The van der Waals surface area contributed by atoms with Gasteiger partial charge in [0.25, 0.3) is 0 Å². The van der Waals surface area contributed by atoms with Crippen LogP contribution in [0.5, 0.6) is 0 Å². The van der Waals surface area contributed by atoms with Crippen LogP contribution in [0.3, 0.4) is 0 Å². The van der Waals surface area contributed by atoms with Gasteiger partial charge in [0.05, 0.1) is 0 Å². The van der Waals surface area contributed by atoms with Crippen LogP contribution in [0.1, 0.15) is 26.7 Å². The predicted octanol–water partition coefficient (Wildman–Crippen LogP) is 5.68. The molecule has 166 valence electrons. The van der Waals surface area contributed by atoms with Gasteiger partial charge in [0.1, 0.15) is 0 Å². The Balaban J connectivity index is 5.58. The molecule has 0 aromatic heterocycles. The van der Waals surface area contributed by atoms with E-state index in [1.807, 2.05) is 4.90 Å². The van der Waals surface area contributed by atoms with Crippen molar-refractivity contribution in [1.29, 1.82) is 0 Å². The van der Waals surface area contributed by atoms with Gasteiger partial charge in [-0.25, -0.2) is 0 Å². The van der Waals surface area contributed by atoms with Crippen molar-refractivity contribution in [3.63, 3.8) is 0 Å². The third-order valence-corrected chi connectivity index (χ3v) is 15.5. The average Bonchev–Trinajstić information content (AvgIpc) is 2.39. The summed E-state index contributed by atoms with van der Waals surface area (Å²) in [5.41, 5.74) is 0.590. The maximum absolute atomic E-state index is 12.4. The molecule has 0 aromatic rings. The highest BCUT2D eigenvalue weighted by Gasteiger charge is 2.49. The number of amides is 1. The zero-order valence-electron chi connectivity index (χ0n) is 20.3. The van der Waals surface area contributed by atoms with Gasteiger partial charge in [-0.2, -0.15) is 0 Å². The number of rotatable bonds is 13. The lowest BCUT2D eigenvalue weighted by Crippen LogP contribution is -2.60. The molecule has 0 saturated carbocycles. The number of hydrogen-bond acceptors (Lipinski definition) is 4. The first kappa shape index (κ1) is 28.0. The molecule has 0 aliphatic heterocycles. The highest BCUT2D eigenvalue weighted by Crippen LogP contribution is 2.30. The summed E-state index contributed by atoms with van der Waals surface area (Å²) < 4.78 is 20.1. The van der Waals surface area contributed by atoms with Crippen LogP contribution >= 0.6 is 0 Å². The summed E-state index contributed by atoms with van der Waals surface area (Å²) >= 11 is 0. The first-order valence-electron chi connectivity index (χ1n) is 10.4. The summed E-state index contributed by atoms with van der Waals surface area (Å²) in [5, 5.41) is 0. The van der Waals surface area contributed by atoms with Gasteiger partial charge in [0.2, 0.25) is 5.91 Å². The van der Waals surface area contributed by atoms with Crippen molar-refractivity contribution in [2.24, 2.45) is 0 Å². The summed E-state index contributed by atoms with van der Waals surface area (Å²) in [6, 6.07) is 0.759. The Kier molecular flexibility index (Phi) is 10.8. The van der Waals surface area contributed by atoms with Gasteiger partial charge >= 0.3 is 8.80 Å². The summed E-state index contributed by atoms with van der Waals surface area (Å²) in [5.74, 6) is 0.0393. The minimum absolute atomic E-state index is 0.0393. The van der Waals surface area contributed by atoms with Crippen molar-refractivity contribution in [2.45, 2.75) is 91.7 Å². The Morgan fingerprint density at radius 3 is 1.50 bits per heavy atom. The smallest absolute Gasteiger partial charge is 0.417 e. The molecule has 0 atom stereocenters. The van der Waals surface area contributed by atoms with Gasteiger partial charge in [-0.3, -0.25) is 4.79 Å². The SMILES string of the molecule is C=C(C)C(=O)N(CCC)CCC[Si](O[Si](C)(C)C)(O[Si](C)(C)C)O[Si](C)(C)C. The lowest BCUT2D eigenvalue weighted by Gasteiger charge is -2.43. The Morgan fingerprint density at radius 2 is 1.21 bits per heavy atom. The molecular weight excluding hydrogens is 419 g/mol. The molecule has 0 N–H and O–H groups in total. The van der Waals surface area contributed by atoms with E-state index in [0.717, 1.165) is 25.4 Å². The molecule has 0 radical (unpaired) electrons. The Labute approximate surface area is 178 Å². The van der Waals surface area contributed by atoms with Crippen molar-refractivity contribution in [3.8, 4) is 0 Å². The van der Waals surface area contributed by atoms with Crippen molar-refractivity contribution >= 4 is 39.7 Å². The molecule has 1 amide bonds. The van der Waals surface area contributed by atoms with E-state index < -0.39 is 33.8 Å². The van der Waals surface area contributed by atoms with Crippen LogP contribution in [0.15, 0.2) is 12.2 Å². The average molecular weight is 464 g/mol. The van der Waals surface area contributed by atoms with E-state index in [1.54, 1.807) is 6.92 Å². The maximum Gasteiger partial charge on any atom is 0.469 e. The molecule has 0 aliphatic carbocycles. The first-order valence-corrected chi connectivity index (χ1v) is 22.6. The Hall–Kier alpha value is -0.0425. The monoisotopic (exact) mass is 463 g/mol. The van der Waals surface area contributed by atoms with Gasteiger partial charge in [0.15, 0.2) is 25.0 Å². The largest absolute Gasteiger partial charge is 0.469 e. The summed E-state index contributed by atoms with van der Waals surface area (Å²) in [7, 11) is -8.42. The normalized spacial score (nSPS) is 13.5. The van der Waals surface area contributed by atoms with E-state index in [2.05, 4.69) is 72.4 Å². The standard InChI is InChI=1S/C19H45NO4Si4/c1-13-15-20(19(21)18(2)3)16-14-17-28(22-25(4,5)6,23-26(7,8)9)24-27(10,11)12/h2,13-17H2,1,3-12H3. The molecule has 0 aliphatic rings. The zero-order valence-corrected chi connectivity index (χ0v) is 24.3. The minimum Gasteiger partial charge on any atom is -0.417 e. The molecule has 0 unspecified atom stereocenters. The van der Waals surface area contributed by atoms with E-state index in [9.17, 15) is 4.79 Å². The molecule has 0 fully saturated rings. The van der Waals surface area contributed by atoms with Crippen molar-refractivity contribution in [3.05, 3.63) is 12.2 Å². The molecule has 5 nitrogen and oxygen atoms in total. The molecule has 0 spiro atoms. The van der Waals surface area contributed by atoms with Crippen molar-refractivity contribution < 1.29 is 17.1 Å². The molecule has 28 heavy (non-hydrogen) atoms. The highest BCUT2D eigenvalue weighted by molar-refractivity contribution is 6.90. The second-order valence-electron chi connectivity index (χ2n) is 10.5. The fraction of sp³-hybridized carbons (Fsp3) is 0.842. The lowest BCUT2D eigenvalue weighted by molar-refractivity contribution is -0.127. The van der Waals surface area contributed by atoms with E-state index in [-0.39, 0.29) is 5.91 Å². The number of carbonyl (C=O) groups is 1. The van der Waals surface area contributed by atoms with Crippen LogP contribution in [-0.4, -0.2) is 57.7 Å². The molecule has 0 rings (SSSR count). The maximum atomic E-state index is 12.4. The van der Waals surface area contributed by atoms with Crippen molar-refractivity contribution in [2.75, 3.05) is 13.1 Å². The summed E-state index contributed by atoms with van der Waals surface area (Å²) in [4.78, 5) is 14.3. The number of carbonyl (C=O) groups excluding carboxylic acids is 1. The van der Waals surface area contributed by atoms with Gasteiger partial charge in [0, 0.05) is 24.7 Å². The molecule has 0 aromatic carbocycles. The fourth-order valence-electron chi connectivity index (χ4n) is 2.96. The zero-order chi connectivity index (χ0) is 22.4. The van der Waals surface area contributed by atoms with Crippen LogP contribution in [0.2, 0.25) is 65.0 Å². The molecular formula is C19H45NO4Si4. The third kappa shape index (κ3) is 12.5. The van der Waals surface area contributed by atoms with E-state index in [1.165, 1.54) is 0 Å². The van der Waals surface area contributed by atoms with Crippen LogP contribution in [0.4, 0.5) is 0 Å². The first-order chi connectivity index (χ1) is 12.4. The quantitative estimate of drug-likeness (QED) is 0.260. The van der Waals surface area contributed by atoms with E-state index >= 15 is 0 Å². The molecule has 9 heteroatoms. The summed E-state index contributed by atoms with van der Waals surface area (Å²) in [6.07, 6.45) is 1.76. The van der Waals surface area contributed by atoms with Gasteiger partial charge < -0.3 is 17.2 Å². The lowest BCUT2D eigenvalue weighted by atomic mass is 10.2. The van der Waals surface area contributed by atoms with Gasteiger partial charge in [-0.05, 0) is 78.7 Å². The van der Waals surface area contributed by atoms with E-state index in [0.29, 0.717) is 12.1 Å². The van der Waals surface area contributed by atoms with E-state index in [4.69, 9.17) is 12.3 Å². The van der Waals surface area contributed by atoms with Crippen molar-refractivity contribution in [1.82, 2.24) is 4.90 Å².